The number of nitrogens with one attached hydrogen (secondary N) is 1. The minimum absolute atomic E-state index is 0.0946. The number of nitrogens with zero attached hydrogens (tertiary/aromatic N) is 3. The van der Waals surface area contributed by atoms with E-state index in [-0.39, 0.29) is 12.8 Å². The first-order valence-electron chi connectivity index (χ1n) is 8.10. The van der Waals surface area contributed by atoms with Crippen LogP contribution >= 0.6 is 0 Å². The lowest BCUT2D eigenvalue weighted by molar-refractivity contribution is 0.181. The van der Waals surface area contributed by atoms with Gasteiger partial charge in [-0.1, -0.05) is 23.8 Å². The lowest BCUT2D eigenvalue weighted by atomic mass is 10.2. The third kappa shape index (κ3) is 4.16. The van der Waals surface area contributed by atoms with Gasteiger partial charge in [-0.05, 0) is 31.2 Å². The molecule has 2 aromatic rings. The number of aromatic nitrogens is 1. The Kier molecular flexibility index (Phi) is 5.15. The summed E-state index contributed by atoms with van der Waals surface area (Å²) in [4.78, 5) is 20.5. The molecule has 24 heavy (non-hydrogen) atoms. The van der Waals surface area contributed by atoms with E-state index in [9.17, 15) is 4.79 Å². The molecule has 0 saturated carbocycles. The van der Waals surface area contributed by atoms with Gasteiger partial charge in [0.05, 0.1) is 0 Å². The second-order valence-electron chi connectivity index (χ2n) is 5.75. The fraction of sp³-hybridized carbons (Fsp3) is 0.333. The van der Waals surface area contributed by atoms with Crippen molar-refractivity contribution in [2.75, 3.05) is 37.8 Å². The fourth-order valence-corrected chi connectivity index (χ4v) is 2.61. The number of hydrogen-bond donors (Lipinski definition) is 1. The Morgan fingerprint density at radius 1 is 1.12 bits per heavy atom. The van der Waals surface area contributed by atoms with E-state index in [0.717, 1.165) is 24.7 Å². The molecule has 1 saturated heterocycles. The Balaban J connectivity index is 1.41. The van der Waals surface area contributed by atoms with Crippen LogP contribution < -0.4 is 15.0 Å². The minimum Gasteiger partial charge on any atom is -0.473 e. The van der Waals surface area contributed by atoms with Crippen molar-refractivity contribution in [3.05, 3.63) is 54.2 Å². The molecule has 0 atom stereocenters. The van der Waals surface area contributed by atoms with Crippen LogP contribution in [-0.4, -0.2) is 48.8 Å². The molecule has 1 aromatic carbocycles. The highest BCUT2D eigenvalue weighted by molar-refractivity contribution is 5.74. The molecule has 3 rings (SSSR count). The van der Waals surface area contributed by atoms with Crippen molar-refractivity contribution in [3.8, 4) is 5.75 Å². The van der Waals surface area contributed by atoms with Gasteiger partial charge < -0.3 is 19.9 Å². The number of piperazine rings is 1. The van der Waals surface area contributed by atoms with Gasteiger partial charge in [0.15, 0.2) is 6.73 Å². The topological polar surface area (TPSA) is 57.7 Å². The first-order chi connectivity index (χ1) is 11.7. The molecular weight excluding hydrogens is 304 g/mol. The van der Waals surface area contributed by atoms with E-state index in [2.05, 4.69) is 15.2 Å². The number of pyridine rings is 1. The molecule has 1 aliphatic heterocycles. The molecule has 6 nitrogen and oxygen atoms in total. The number of amides is 2. The van der Waals surface area contributed by atoms with Crippen LogP contribution in [0.15, 0.2) is 48.7 Å². The summed E-state index contributed by atoms with van der Waals surface area (Å²) >= 11 is 0. The van der Waals surface area contributed by atoms with Crippen LogP contribution in [-0.2, 0) is 0 Å². The number of carbonyl (C=O) groups excluding carboxylic acids is 1. The van der Waals surface area contributed by atoms with E-state index >= 15 is 0 Å². The predicted molar refractivity (Wildman–Crippen MR) is 93.2 cm³/mol. The van der Waals surface area contributed by atoms with Crippen molar-refractivity contribution >= 4 is 11.8 Å². The van der Waals surface area contributed by atoms with E-state index < -0.39 is 0 Å². The third-order valence-electron chi connectivity index (χ3n) is 4.02. The minimum atomic E-state index is -0.0946. The zero-order chi connectivity index (χ0) is 16.8. The van der Waals surface area contributed by atoms with Crippen molar-refractivity contribution in [1.29, 1.82) is 0 Å². The van der Waals surface area contributed by atoms with E-state index in [1.165, 1.54) is 5.56 Å². The summed E-state index contributed by atoms with van der Waals surface area (Å²) in [5.41, 5.74) is 1.18. The molecule has 1 aromatic heterocycles. The largest absolute Gasteiger partial charge is 0.473 e. The number of hydrogen-bond acceptors (Lipinski definition) is 4. The zero-order valence-electron chi connectivity index (χ0n) is 13.8. The summed E-state index contributed by atoms with van der Waals surface area (Å²) in [6.45, 7) is 5.10. The molecule has 2 heterocycles. The number of rotatable bonds is 4. The maximum atomic E-state index is 12.2. The van der Waals surface area contributed by atoms with Crippen LogP contribution in [0.5, 0.6) is 5.75 Å². The molecule has 0 aliphatic carbocycles. The summed E-state index contributed by atoms with van der Waals surface area (Å²) in [7, 11) is 0. The smallest absolute Gasteiger partial charge is 0.320 e. The molecule has 126 valence electrons. The zero-order valence-corrected chi connectivity index (χ0v) is 13.8. The molecule has 0 bridgehead atoms. The van der Waals surface area contributed by atoms with Gasteiger partial charge >= 0.3 is 6.03 Å². The van der Waals surface area contributed by atoms with Crippen molar-refractivity contribution < 1.29 is 9.53 Å². The summed E-state index contributed by atoms with van der Waals surface area (Å²) in [5, 5.41) is 2.80. The third-order valence-corrected chi connectivity index (χ3v) is 4.02. The van der Waals surface area contributed by atoms with E-state index in [0.29, 0.717) is 13.1 Å². The van der Waals surface area contributed by atoms with Crippen LogP contribution in [0.4, 0.5) is 10.6 Å². The summed E-state index contributed by atoms with van der Waals surface area (Å²) < 4.78 is 5.53. The van der Waals surface area contributed by atoms with Gasteiger partial charge in [0.25, 0.3) is 0 Å². The van der Waals surface area contributed by atoms with Gasteiger partial charge in [-0.15, -0.1) is 0 Å². The Labute approximate surface area is 142 Å². The lowest BCUT2D eigenvalue weighted by Crippen LogP contribution is -2.52. The number of aryl methyl sites for hydroxylation is 1. The lowest BCUT2D eigenvalue weighted by Gasteiger charge is -2.35. The monoisotopic (exact) mass is 326 g/mol. The van der Waals surface area contributed by atoms with Gasteiger partial charge in [0, 0.05) is 32.4 Å². The van der Waals surface area contributed by atoms with Crippen molar-refractivity contribution in [2.24, 2.45) is 0 Å². The summed E-state index contributed by atoms with van der Waals surface area (Å²) in [6.07, 6.45) is 1.79. The first kappa shape index (κ1) is 16.1. The number of urea groups is 1. The fourth-order valence-electron chi connectivity index (χ4n) is 2.61. The van der Waals surface area contributed by atoms with Gasteiger partial charge in [0.1, 0.15) is 11.6 Å². The highest BCUT2D eigenvalue weighted by Crippen LogP contribution is 2.13. The molecule has 2 amide bonds. The molecule has 1 aliphatic rings. The number of ether oxygens (including phenoxy) is 1. The van der Waals surface area contributed by atoms with Gasteiger partial charge in [0.2, 0.25) is 0 Å². The second-order valence-corrected chi connectivity index (χ2v) is 5.75. The van der Waals surface area contributed by atoms with Gasteiger partial charge in [-0.2, -0.15) is 0 Å². The van der Waals surface area contributed by atoms with E-state index in [1.54, 1.807) is 11.1 Å². The molecule has 1 N–H and O–H groups in total. The predicted octanol–water partition coefficient (Wildman–Crippen LogP) is 2.26. The number of anilines is 1. The molecular formula is C18H22N4O2. The van der Waals surface area contributed by atoms with Crippen LogP contribution in [0, 0.1) is 6.92 Å². The molecule has 6 heteroatoms. The number of carbonyl (C=O) groups is 1. The number of benzene rings is 1. The molecule has 0 spiro atoms. The average Bonchev–Trinajstić information content (AvgIpc) is 2.64. The standard InChI is InChI=1S/C18H22N4O2/c1-15-5-7-16(8-6-15)24-14-20-18(23)22-12-10-21(11-13-22)17-4-2-3-9-19-17/h2-9H,10-14H2,1H3,(H,20,23). The quantitative estimate of drug-likeness (QED) is 0.876. The van der Waals surface area contributed by atoms with Crippen LogP contribution in [0.3, 0.4) is 0 Å². The average molecular weight is 326 g/mol. The van der Waals surface area contributed by atoms with Crippen LogP contribution in [0.2, 0.25) is 0 Å². The summed E-state index contributed by atoms with van der Waals surface area (Å²) in [5.74, 6) is 1.71. The van der Waals surface area contributed by atoms with Crippen LogP contribution in [0.25, 0.3) is 0 Å². The Hall–Kier alpha value is -2.76. The Bertz CT molecular complexity index is 652. The molecule has 1 fully saturated rings. The van der Waals surface area contributed by atoms with E-state index in [4.69, 9.17) is 4.74 Å². The summed E-state index contributed by atoms with van der Waals surface area (Å²) in [6, 6.07) is 13.5. The van der Waals surface area contributed by atoms with Crippen molar-refractivity contribution in [1.82, 2.24) is 15.2 Å². The highest BCUT2D eigenvalue weighted by atomic mass is 16.5. The normalized spacial score (nSPS) is 14.4. The first-order valence-corrected chi connectivity index (χ1v) is 8.10. The SMILES string of the molecule is Cc1ccc(OCNC(=O)N2CCN(c3ccccn3)CC2)cc1. The maximum absolute atomic E-state index is 12.2. The van der Waals surface area contributed by atoms with Crippen LogP contribution in [0.1, 0.15) is 5.56 Å². The Morgan fingerprint density at radius 2 is 1.88 bits per heavy atom. The van der Waals surface area contributed by atoms with Crippen molar-refractivity contribution in [2.45, 2.75) is 6.92 Å². The maximum Gasteiger partial charge on any atom is 0.320 e. The molecule has 0 radical (unpaired) electrons. The van der Waals surface area contributed by atoms with E-state index in [1.807, 2.05) is 49.4 Å². The van der Waals surface area contributed by atoms with Crippen molar-refractivity contribution in [3.63, 3.8) is 0 Å². The molecule has 0 unspecified atom stereocenters. The Morgan fingerprint density at radius 3 is 2.54 bits per heavy atom. The van der Waals surface area contributed by atoms with Gasteiger partial charge in [-0.25, -0.2) is 9.78 Å². The van der Waals surface area contributed by atoms with Gasteiger partial charge in [-0.3, -0.25) is 0 Å². The highest BCUT2D eigenvalue weighted by Gasteiger charge is 2.21. The second kappa shape index (κ2) is 7.68.